The third-order valence-corrected chi connectivity index (χ3v) is 9.62. The lowest BCUT2D eigenvalue weighted by atomic mass is 9.97. The minimum atomic E-state index is 0.640. The first kappa shape index (κ1) is 27.5. The topological polar surface area (TPSA) is 43.6 Å². The van der Waals surface area contributed by atoms with Gasteiger partial charge in [0.05, 0.1) is 11.0 Å². The van der Waals surface area contributed by atoms with Crippen LogP contribution in [-0.2, 0) is 0 Å². The van der Waals surface area contributed by atoms with Gasteiger partial charge in [0.1, 0.15) is 0 Å². The van der Waals surface area contributed by atoms with Gasteiger partial charge in [-0.2, -0.15) is 0 Å². The molecule has 2 heterocycles. The van der Waals surface area contributed by atoms with E-state index in [1.165, 1.54) is 43.4 Å². The van der Waals surface area contributed by atoms with Crippen LogP contribution in [0.3, 0.4) is 0 Å². The van der Waals surface area contributed by atoms with Crippen LogP contribution in [-0.4, -0.2) is 19.5 Å². The molecule has 0 atom stereocenters. The van der Waals surface area contributed by atoms with Crippen LogP contribution < -0.4 is 0 Å². The molecule has 49 heavy (non-hydrogen) atoms. The highest BCUT2D eigenvalue weighted by Gasteiger charge is 2.18. The van der Waals surface area contributed by atoms with E-state index in [2.05, 4.69) is 156 Å². The molecule has 4 heteroatoms. The Morgan fingerprint density at radius 2 is 0.918 bits per heavy atom. The molecule has 0 spiro atoms. The van der Waals surface area contributed by atoms with Gasteiger partial charge in [0.15, 0.2) is 17.5 Å². The Bertz CT molecular complexity index is 2870. The Hall–Kier alpha value is -6.65. The first-order valence-electron chi connectivity index (χ1n) is 16.5. The number of benzene rings is 8. The second kappa shape index (κ2) is 11.0. The van der Waals surface area contributed by atoms with Crippen molar-refractivity contribution in [3.63, 3.8) is 0 Å². The van der Waals surface area contributed by atoms with Crippen LogP contribution in [0.1, 0.15) is 0 Å². The summed E-state index contributed by atoms with van der Waals surface area (Å²) in [6, 6.07) is 59.7. The second-order valence-electron chi connectivity index (χ2n) is 12.4. The normalized spacial score (nSPS) is 11.7. The number of nitrogens with zero attached hydrogens (tertiary/aromatic N) is 4. The first-order chi connectivity index (χ1) is 24.3. The average Bonchev–Trinajstić information content (AvgIpc) is 3.53. The predicted octanol–water partition coefficient (Wildman–Crippen LogP) is 11.4. The van der Waals surface area contributed by atoms with Crippen molar-refractivity contribution in [3.8, 4) is 39.9 Å². The molecule has 0 bridgehead atoms. The van der Waals surface area contributed by atoms with E-state index in [-0.39, 0.29) is 0 Å². The summed E-state index contributed by atoms with van der Waals surface area (Å²) >= 11 is 0. The lowest BCUT2D eigenvalue weighted by molar-refractivity contribution is 1.08. The third-order valence-electron chi connectivity index (χ3n) is 9.62. The van der Waals surface area contributed by atoms with Gasteiger partial charge in [-0.25, -0.2) is 15.0 Å². The van der Waals surface area contributed by atoms with Gasteiger partial charge in [-0.1, -0.05) is 127 Å². The molecule has 0 aliphatic carbocycles. The van der Waals surface area contributed by atoms with Gasteiger partial charge >= 0.3 is 0 Å². The van der Waals surface area contributed by atoms with E-state index in [4.69, 9.17) is 15.0 Å². The van der Waals surface area contributed by atoms with Crippen molar-refractivity contribution >= 4 is 54.1 Å². The summed E-state index contributed by atoms with van der Waals surface area (Å²) in [6.07, 6.45) is 0. The van der Waals surface area contributed by atoms with Crippen LogP contribution in [0, 0.1) is 0 Å². The van der Waals surface area contributed by atoms with Crippen LogP contribution in [0.15, 0.2) is 170 Å². The van der Waals surface area contributed by atoms with Crippen LogP contribution in [0.2, 0.25) is 0 Å². The highest BCUT2D eigenvalue weighted by atomic mass is 15.0. The fourth-order valence-electron chi connectivity index (χ4n) is 7.36. The summed E-state index contributed by atoms with van der Waals surface area (Å²) in [4.78, 5) is 15.3. The molecule has 0 aliphatic rings. The van der Waals surface area contributed by atoms with Crippen molar-refractivity contribution in [2.75, 3.05) is 0 Å². The van der Waals surface area contributed by atoms with E-state index >= 15 is 0 Å². The Morgan fingerprint density at radius 3 is 1.69 bits per heavy atom. The van der Waals surface area contributed by atoms with Crippen LogP contribution in [0.5, 0.6) is 0 Å². The summed E-state index contributed by atoms with van der Waals surface area (Å²) in [5, 5.41) is 9.70. The van der Waals surface area contributed by atoms with Gasteiger partial charge in [-0.05, 0) is 74.8 Å². The van der Waals surface area contributed by atoms with Gasteiger partial charge in [-0.15, -0.1) is 0 Å². The van der Waals surface area contributed by atoms with E-state index in [0.29, 0.717) is 17.5 Å². The van der Waals surface area contributed by atoms with Crippen LogP contribution in [0.25, 0.3) is 94.0 Å². The zero-order valence-corrected chi connectivity index (χ0v) is 26.5. The molecule has 0 saturated carbocycles. The molecule has 0 N–H and O–H groups in total. The van der Waals surface area contributed by atoms with E-state index in [0.717, 1.165) is 33.2 Å². The van der Waals surface area contributed by atoms with Gasteiger partial charge in [0, 0.05) is 33.2 Å². The maximum atomic E-state index is 5.15. The molecule has 0 saturated heterocycles. The summed E-state index contributed by atoms with van der Waals surface area (Å²) in [6.45, 7) is 0. The quantitative estimate of drug-likeness (QED) is 0.183. The van der Waals surface area contributed by atoms with Crippen LogP contribution in [0.4, 0.5) is 0 Å². The molecule has 0 unspecified atom stereocenters. The molecular formula is C45H28N4. The Labute approximate surface area is 282 Å². The van der Waals surface area contributed by atoms with E-state index in [1.807, 2.05) is 18.2 Å². The van der Waals surface area contributed by atoms with Crippen molar-refractivity contribution in [1.82, 2.24) is 19.5 Å². The minimum absolute atomic E-state index is 0.640. The molecule has 10 rings (SSSR count). The summed E-state index contributed by atoms with van der Waals surface area (Å²) in [5.74, 6) is 1.95. The van der Waals surface area contributed by atoms with Gasteiger partial charge in [0.2, 0.25) is 0 Å². The number of hydrogen-bond donors (Lipinski definition) is 0. The zero-order valence-electron chi connectivity index (χ0n) is 26.5. The Morgan fingerprint density at radius 1 is 0.347 bits per heavy atom. The zero-order chi connectivity index (χ0) is 32.3. The summed E-state index contributed by atoms with van der Waals surface area (Å²) < 4.78 is 2.36. The van der Waals surface area contributed by atoms with Crippen molar-refractivity contribution < 1.29 is 0 Å². The highest BCUT2D eigenvalue weighted by molar-refractivity contribution is 6.21. The van der Waals surface area contributed by atoms with Gasteiger partial charge in [0.25, 0.3) is 0 Å². The molecule has 2 aromatic heterocycles. The van der Waals surface area contributed by atoms with Crippen molar-refractivity contribution in [2.24, 2.45) is 0 Å². The molecule has 0 amide bonds. The number of hydrogen-bond acceptors (Lipinski definition) is 3. The highest BCUT2D eigenvalue weighted by Crippen LogP contribution is 2.38. The third kappa shape index (κ3) is 4.42. The molecule has 10 aromatic rings. The molecule has 0 aliphatic heterocycles. The lowest BCUT2D eigenvalue weighted by Gasteiger charge is -2.13. The van der Waals surface area contributed by atoms with Gasteiger partial charge < -0.3 is 4.57 Å². The fraction of sp³-hybridized carbons (Fsp3) is 0. The largest absolute Gasteiger partial charge is 0.309 e. The molecule has 228 valence electrons. The lowest BCUT2D eigenvalue weighted by Crippen LogP contribution is -2.01. The smallest absolute Gasteiger partial charge is 0.164 e. The number of aromatic nitrogens is 4. The second-order valence-corrected chi connectivity index (χ2v) is 12.4. The average molecular weight is 625 g/mol. The van der Waals surface area contributed by atoms with E-state index in [1.54, 1.807) is 0 Å². The molecule has 0 fully saturated rings. The number of para-hydroxylation sites is 1. The first-order valence-corrected chi connectivity index (χ1v) is 16.5. The maximum Gasteiger partial charge on any atom is 0.164 e. The molecule has 0 radical (unpaired) electrons. The van der Waals surface area contributed by atoms with E-state index < -0.39 is 0 Å². The Balaban J connectivity index is 1.16. The number of fused-ring (bicyclic) bond motifs is 8. The fourth-order valence-corrected chi connectivity index (χ4v) is 7.36. The van der Waals surface area contributed by atoms with Gasteiger partial charge in [-0.3, -0.25) is 0 Å². The molecule has 4 nitrogen and oxygen atoms in total. The monoisotopic (exact) mass is 624 g/mol. The van der Waals surface area contributed by atoms with E-state index in [9.17, 15) is 0 Å². The molecule has 8 aromatic carbocycles. The minimum Gasteiger partial charge on any atom is -0.309 e. The predicted molar refractivity (Wildman–Crippen MR) is 203 cm³/mol. The number of rotatable bonds is 4. The Kier molecular flexibility index (Phi) is 6.15. The van der Waals surface area contributed by atoms with Crippen molar-refractivity contribution in [2.45, 2.75) is 0 Å². The summed E-state index contributed by atoms with van der Waals surface area (Å²) in [5.41, 5.74) is 6.32. The van der Waals surface area contributed by atoms with Crippen molar-refractivity contribution in [1.29, 1.82) is 0 Å². The standard InChI is InChI=1S/C45H28N4/c1-2-13-30(14-3-1)43-46-44(48-45(47-43)39-28-32-15-5-6-16-34(32)36-18-8-9-19-37(36)39)31-22-25-33(26-23-31)49-40-21-11-10-20-38(40)42-35-17-7-4-12-29(35)24-27-41(42)49/h1-28H. The van der Waals surface area contributed by atoms with Crippen LogP contribution >= 0.6 is 0 Å². The van der Waals surface area contributed by atoms with Crippen molar-refractivity contribution in [3.05, 3.63) is 170 Å². The maximum absolute atomic E-state index is 5.15. The SMILES string of the molecule is c1ccc(-c2nc(-c3ccc(-n4c5ccccc5c5c6ccccc6ccc54)cc3)nc(-c3cc4ccccc4c4ccccc34)n2)cc1. The molecular weight excluding hydrogens is 597 g/mol. The summed E-state index contributed by atoms with van der Waals surface area (Å²) in [7, 11) is 0.